The predicted molar refractivity (Wildman–Crippen MR) is 109 cm³/mol. The molecule has 1 aliphatic heterocycles. The van der Waals surface area contributed by atoms with Gasteiger partial charge in [-0.15, -0.1) is 0 Å². The number of hydrogen-bond donors (Lipinski definition) is 7. The predicted octanol–water partition coefficient (Wildman–Crippen LogP) is -1.76. The van der Waals surface area contributed by atoms with Crippen molar-refractivity contribution in [2.75, 3.05) is 13.2 Å². The average molecular weight is 436 g/mol. The molecule has 11 heteroatoms. The molecule has 0 aromatic heterocycles. The second kappa shape index (κ2) is 11.3. The number of aliphatic hydroxyl groups excluding tert-OH is 1. The largest absolute Gasteiger partial charge is 0.508 e. The highest BCUT2D eigenvalue weighted by Crippen LogP contribution is 2.12. The van der Waals surface area contributed by atoms with Crippen LogP contribution in [0.25, 0.3) is 0 Å². The molecule has 1 aromatic carbocycles. The summed E-state index contributed by atoms with van der Waals surface area (Å²) < 4.78 is 0. The molecule has 0 radical (unpaired) electrons. The summed E-state index contributed by atoms with van der Waals surface area (Å²) in [7, 11) is 0. The molecule has 0 spiro atoms. The molecule has 170 valence electrons. The van der Waals surface area contributed by atoms with E-state index in [4.69, 9.17) is 5.11 Å². The fraction of sp³-hybridized carbons (Fsp3) is 0.500. The molecule has 31 heavy (non-hydrogen) atoms. The fourth-order valence-electron chi connectivity index (χ4n) is 3.10. The molecule has 1 fully saturated rings. The molecular weight excluding hydrogens is 408 g/mol. The van der Waals surface area contributed by atoms with Crippen LogP contribution in [0.5, 0.6) is 5.75 Å². The van der Waals surface area contributed by atoms with Crippen LogP contribution < -0.4 is 21.3 Å². The Hall–Kier alpha value is -3.18. The van der Waals surface area contributed by atoms with E-state index in [0.29, 0.717) is 18.5 Å². The van der Waals surface area contributed by atoms with E-state index < -0.39 is 54.5 Å². The number of carboxylic acids is 1. The van der Waals surface area contributed by atoms with E-state index in [-0.39, 0.29) is 12.2 Å². The number of hydrogen-bond acceptors (Lipinski definition) is 7. The zero-order valence-corrected chi connectivity index (χ0v) is 17.1. The molecule has 3 amide bonds. The van der Waals surface area contributed by atoms with Crippen LogP contribution in [0, 0.1) is 0 Å². The number of carbonyl (C=O) groups is 4. The van der Waals surface area contributed by atoms with Gasteiger partial charge in [0.05, 0.1) is 12.6 Å². The van der Waals surface area contributed by atoms with Gasteiger partial charge in [0.25, 0.3) is 0 Å². The molecule has 0 bridgehead atoms. The van der Waals surface area contributed by atoms with Crippen molar-refractivity contribution in [1.82, 2.24) is 21.3 Å². The monoisotopic (exact) mass is 436 g/mol. The van der Waals surface area contributed by atoms with Crippen molar-refractivity contribution in [1.29, 1.82) is 0 Å². The van der Waals surface area contributed by atoms with Crippen LogP contribution in [-0.4, -0.2) is 76.3 Å². The van der Waals surface area contributed by atoms with Gasteiger partial charge in [-0.05, 0) is 44.0 Å². The summed E-state index contributed by atoms with van der Waals surface area (Å²) in [5.74, 6) is -3.16. The Balaban J connectivity index is 2.10. The average Bonchev–Trinajstić information content (AvgIpc) is 3.27. The van der Waals surface area contributed by atoms with Crippen molar-refractivity contribution in [2.45, 2.75) is 50.4 Å². The quantitative estimate of drug-likeness (QED) is 0.225. The third-order valence-corrected chi connectivity index (χ3v) is 4.93. The Kier molecular flexibility index (Phi) is 8.76. The van der Waals surface area contributed by atoms with Gasteiger partial charge in [-0.1, -0.05) is 12.1 Å². The number of amides is 3. The standard InChI is InChI=1S/C20H28N4O7/c1-11(20(30)31)22-18(28)15(9-12-4-6-13(26)7-5-12)23-19(29)16(10-25)24-17(27)14-3-2-8-21-14/h4-7,11,14-16,21,25-26H,2-3,8-10H2,1H3,(H,22,28)(H,23,29)(H,24,27)(H,30,31). The molecule has 4 unspecified atom stereocenters. The summed E-state index contributed by atoms with van der Waals surface area (Å²) in [5, 5.41) is 38.2. The highest BCUT2D eigenvalue weighted by atomic mass is 16.4. The summed E-state index contributed by atoms with van der Waals surface area (Å²) in [6.07, 6.45) is 1.44. The Morgan fingerprint density at radius 1 is 1.06 bits per heavy atom. The molecular formula is C20H28N4O7. The number of phenols is 1. The van der Waals surface area contributed by atoms with Crippen LogP contribution in [0.15, 0.2) is 24.3 Å². The summed E-state index contributed by atoms with van der Waals surface area (Å²) >= 11 is 0. The molecule has 1 saturated heterocycles. The first-order chi connectivity index (χ1) is 14.7. The van der Waals surface area contributed by atoms with Crippen molar-refractivity contribution in [3.63, 3.8) is 0 Å². The fourth-order valence-corrected chi connectivity index (χ4v) is 3.10. The minimum Gasteiger partial charge on any atom is -0.508 e. The van der Waals surface area contributed by atoms with Gasteiger partial charge in [0.2, 0.25) is 17.7 Å². The SMILES string of the molecule is CC(NC(=O)C(Cc1ccc(O)cc1)NC(=O)C(CO)NC(=O)C1CCCN1)C(=O)O. The van der Waals surface area contributed by atoms with Crippen molar-refractivity contribution < 1.29 is 34.5 Å². The van der Waals surface area contributed by atoms with Gasteiger partial charge in [-0.2, -0.15) is 0 Å². The third-order valence-electron chi connectivity index (χ3n) is 4.93. The molecule has 0 aliphatic carbocycles. The number of aliphatic hydroxyl groups is 1. The second-order valence-electron chi connectivity index (χ2n) is 7.39. The first-order valence-corrected chi connectivity index (χ1v) is 9.97. The normalized spacial score (nSPS) is 18.5. The molecule has 2 rings (SSSR count). The smallest absolute Gasteiger partial charge is 0.325 e. The highest BCUT2D eigenvalue weighted by molar-refractivity contribution is 5.94. The van der Waals surface area contributed by atoms with Crippen LogP contribution in [0.1, 0.15) is 25.3 Å². The first kappa shape index (κ1) is 24.1. The summed E-state index contributed by atoms with van der Waals surface area (Å²) in [6.45, 7) is 1.29. The maximum absolute atomic E-state index is 12.7. The van der Waals surface area contributed by atoms with Gasteiger partial charge in [0.1, 0.15) is 23.9 Å². The Bertz CT molecular complexity index is 793. The summed E-state index contributed by atoms with van der Waals surface area (Å²) in [6, 6.07) is 1.85. The zero-order valence-electron chi connectivity index (χ0n) is 17.1. The van der Waals surface area contributed by atoms with Crippen molar-refractivity contribution in [3.05, 3.63) is 29.8 Å². The van der Waals surface area contributed by atoms with Crippen LogP contribution in [-0.2, 0) is 25.6 Å². The van der Waals surface area contributed by atoms with E-state index in [0.717, 1.165) is 6.42 Å². The van der Waals surface area contributed by atoms with Crippen LogP contribution in [0.3, 0.4) is 0 Å². The molecule has 11 nitrogen and oxygen atoms in total. The molecule has 4 atom stereocenters. The Labute approximate surface area is 179 Å². The number of phenolic OH excluding ortho intramolecular Hbond substituents is 1. The lowest BCUT2D eigenvalue weighted by molar-refractivity contribution is -0.141. The Morgan fingerprint density at radius 2 is 1.71 bits per heavy atom. The number of benzene rings is 1. The molecule has 1 aromatic rings. The zero-order chi connectivity index (χ0) is 23.0. The summed E-state index contributed by atoms with van der Waals surface area (Å²) in [4.78, 5) is 48.6. The number of carboxylic acid groups (broad SMARTS) is 1. The lowest BCUT2D eigenvalue weighted by atomic mass is 10.0. The number of carbonyl (C=O) groups excluding carboxylic acids is 3. The van der Waals surface area contributed by atoms with Gasteiger partial charge in [-0.3, -0.25) is 19.2 Å². The summed E-state index contributed by atoms with van der Waals surface area (Å²) in [5.41, 5.74) is 0.598. The van der Waals surface area contributed by atoms with Gasteiger partial charge in [0, 0.05) is 6.42 Å². The number of rotatable bonds is 10. The van der Waals surface area contributed by atoms with Gasteiger partial charge in [-0.25, -0.2) is 0 Å². The van der Waals surface area contributed by atoms with E-state index in [1.807, 2.05) is 0 Å². The molecule has 1 heterocycles. The molecule has 7 N–H and O–H groups in total. The first-order valence-electron chi connectivity index (χ1n) is 9.97. The maximum atomic E-state index is 12.7. The number of aliphatic carboxylic acids is 1. The van der Waals surface area contributed by atoms with E-state index in [1.54, 1.807) is 12.1 Å². The minimum atomic E-state index is -1.28. The minimum absolute atomic E-state index is 0.000464. The lowest BCUT2D eigenvalue weighted by Crippen LogP contribution is -2.58. The van der Waals surface area contributed by atoms with E-state index in [2.05, 4.69) is 21.3 Å². The third kappa shape index (κ3) is 7.23. The number of aromatic hydroxyl groups is 1. The molecule has 0 saturated carbocycles. The number of nitrogens with one attached hydrogen (secondary N) is 4. The van der Waals surface area contributed by atoms with Gasteiger partial charge in [0.15, 0.2) is 0 Å². The van der Waals surface area contributed by atoms with Crippen molar-refractivity contribution >= 4 is 23.7 Å². The van der Waals surface area contributed by atoms with Crippen molar-refractivity contribution in [2.24, 2.45) is 0 Å². The van der Waals surface area contributed by atoms with Crippen LogP contribution in [0.4, 0.5) is 0 Å². The van der Waals surface area contributed by atoms with Gasteiger partial charge < -0.3 is 36.6 Å². The second-order valence-corrected chi connectivity index (χ2v) is 7.39. The topological polar surface area (TPSA) is 177 Å². The van der Waals surface area contributed by atoms with Crippen LogP contribution >= 0.6 is 0 Å². The highest BCUT2D eigenvalue weighted by Gasteiger charge is 2.30. The van der Waals surface area contributed by atoms with E-state index >= 15 is 0 Å². The van der Waals surface area contributed by atoms with E-state index in [1.165, 1.54) is 19.1 Å². The maximum Gasteiger partial charge on any atom is 0.325 e. The van der Waals surface area contributed by atoms with E-state index in [9.17, 15) is 29.4 Å². The van der Waals surface area contributed by atoms with Crippen LogP contribution in [0.2, 0.25) is 0 Å². The van der Waals surface area contributed by atoms with Gasteiger partial charge >= 0.3 is 5.97 Å². The van der Waals surface area contributed by atoms with Crippen molar-refractivity contribution in [3.8, 4) is 5.75 Å². The Morgan fingerprint density at radius 3 is 2.26 bits per heavy atom. The molecule has 1 aliphatic rings. The lowest BCUT2D eigenvalue weighted by Gasteiger charge is -2.24.